The summed E-state index contributed by atoms with van der Waals surface area (Å²) in [6, 6.07) is 11.1. The van der Waals surface area contributed by atoms with E-state index >= 15 is 0 Å². The van der Waals surface area contributed by atoms with Crippen molar-refractivity contribution < 1.29 is 23.8 Å². The number of likely N-dealkylation sites (tertiary alicyclic amines) is 1. The number of carboxylic acids is 1. The van der Waals surface area contributed by atoms with E-state index in [1.54, 1.807) is 18.2 Å². The monoisotopic (exact) mass is 579 g/mol. The van der Waals surface area contributed by atoms with Gasteiger partial charge in [-0.15, -0.1) is 0 Å². The number of aryl methyl sites for hydroxylation is 1. The molecule has 3 aromatic rings. The number of imidazole rings is 1. The lowest BCUT2D eigenvalue weighted by atomic mass is 9.86. The third kappa shape index (κ3) is 5.65. The van der Waals surface area contributed by atoms with Crippen LogP contribution in [0.2, 0.25) is 5.02 Å². The van der Waals surface area contributed by atoms with Crippen LogP contribution < -0.4 is 4.74 Å². The fraction of sp³-hybridized carbons (Fsp3) is 0.438. The van der Waals surface area contributed by atoms with Crippen molar-refractivity contribution in [3.8, 4) is 5.75 Å². The normalized spacial score (nSPS) is 23.0. The lowest BCUT2D eigenvalue weighted by molar-refractivity contribution is -0.131. The van der Waals surface area contributed by atoms with Crippen LogP contribution in [0.3, 0.4) is 0 Å². The van der Waals surface area contributed by atoms with E-state index in [1.165, 1.54) is 17.7 Å². The summed E-state index contributed by atoms with van der Waals surface area (Å²) < 4.78 is 29.2. The standard InChI is InChI=1S/C32H35ClFN3O4/c1-20-28(8-9-30(38)39)37(18-24-12-15-40-24)29(35-20)19-36-13-10-21(11-14-36)25-5-3-4-22-17-32(2,41-31(22)25)26-7-6-23(33)16-27(26)34/h3-9,16,21,24H,10-15,17-19H2,1-2H3,(H,38,39)/b9-8+/t24-,32-/m0/s1. The molecule has 0 unspecified atom stereocenters. The number of para-hydroxylation sites is 1. The van der Waals surface area contributed by atoms with E-state index in [9.17, 15) is 9.18 Å². The number of hydrogen-bond donors (Lipinski definition) is 1. The molecule has 7 nitrogen and oxygen atoms in total. The van der Waals surface area contributed by atoms with Crippen LogP contribution in [0.15, 0.2) is 42.5 Å². The first kappa shape index (κ1) is 27.9. The second kappa shape index (κ2) is 11.2. The minimum Gasteiger partial charge on any atom is -0.482 e. The molecule has 2 atom stereocenters. The van der Waals surface area contributed by atoms with E-state index in [0.717, 1.165) is 67.5 Å². The Kier molecular flexibility index (Phi) is 7.66. The Morgan fingerprint density at radius 1 is 1.24 bits per heavy atom. The number of aromatic nitrogens is 2. The molecule has 2 saturated heterocycles. The van der Waals surface area contributed by atoms with Gasteiger partial charge in [-0.25, -0.2) is 14.2 Å². The molecule has 6 rings (SSSR count). The summed E-state index contributed by atoms with van der Waals surface area (Å²) in [5.74, 6) is 0.852. The molecule has 0 radical (unpaired) electrons. The molecular weight excluding hydrogens is 545 g/mol. The van der Waals surface area contributed by atoms with E-state index in [4.69, 9.17) is 31.2 Å². The first-order valence-electron chi connectivity index (χ1n) is 14.3. The largest absolute Gasteiger partial charge is 0.482 e. The number of benzene rings is 2. The van der Waals surface area contributed by atoms with Crippen LogP contribution in [0.25, 0.3) is 6.08 Å². The highest BCUT2D eigenvalue weighted by Crippen LogP contribution is 2.47. The number of rotatable bonds is 8. The number of nitrogens with zero attached hydrogens (tertiary/aromatic N) is 3. The van der Waals surface area contributed by atoms with Gasteiger partial charge in [0.2, 0.25) is 0 Å². The maximum Gasteiger partial charge on any atom is 0.328 e. The number of aliphatic carboxylic acids is 1. The van der Waals surface area contributed by atoms with E-state index in [0.29, 0.717) is 36.0 Å². The molecule has 0 bridgehead atoms. The summed E-state index contributed by atoms with van der Waals surface area (Å²) in [7, 11) is 0. The smallest absolute Gasteiger partial charge is 0.328 e. The Bertz CT molecular complexity index is 1490. The molecule has 0 amide bonds. The minimum absolute atomic E-state index is 0.136. The van der Waals surface area contributed by atoms with Crippen LogP contribution in [0.4, 0.5) is 4.39 Å². The fourth-order valence-corrected chi connectivity index (χ4v) is 6.61. The second-order valence-electron chi connectivity index (χ2n) is 11.6. The fourth-order valence-electron chi connectivity index (χ4n) is 6.45. The molecule has 3 aliphatic rings. The molecular formula is C32H35ClFN3O4. The Morgan fingerprint density at radius 3 is 2.71 bits per heavy atom. The number of carboxylic acid groups (broad SMARTS) is 1. The summed E-state index contributed by atoms with van der Waals surface area (Å²) >= 11 is 6.00. The molecule has 9 heteroatoms. The lowest BCUT2D eigenvalue weighted by Gasteiger charge is -2.33. The summed E-state index contributed by atoms with van der Waals surface area (Å²) in [4.78, 5) is 18.4. The maximum absolute atomic E-state index is 14.9. The van der Waals surface area contributed by atoms with Crippen molar-refractivity contribution in [1.29, 1.82) is 0 Å². The molecule has 3 aliphatic heterocycles. The summed E-state index contributed by atoms with van der Waals surface area (Å²) in [6.07, 6.45) is 6.50. The number of fused-ring (bicyclic) bond motifs is 1. The van der Waals surface area contributed by atoms with E-state index < -0.39 is 11.6 Å². The van der Waals surface area contributed by atoms with Crippen molar-refractivity contribution in [2.24, 2.45) is 0 Å². The van der Waals surface area contributed by atoms with Gasteiger partial charge in [0.15, 0.2) is 0 Å². The van der Waals surface area contributed by atoms with Gasteiger partial charge in [-0.05, 0) is 81.5 Å². The Morgan fingerprint density at radius 2 is 2.02 bits per heavy atom. The number of carbonyl (C=O) groups is 1. The quantitative estimate of drug-likeness (QED) is 0.325. The zero-order valence-corrected chi connectivity index (χ0v) is 24.2. The van der Waals surface area contributed by atoms with Gasteiger partial charge in [0.05, 0.1) is 30.6 Å². The minimum atomic E-state index is -0.976. The molecule has 0 saturated carbocycles. The van der Waals surface area contributed by atoms with Crippen molar-refractivity contribution in [3.63, 3.8) is 0 Å². The Hall–Kier alpha value is -3.20. The van der Waals surface area contributed by atoms with Crippen molar-refractivity contribution in [2.45, 2.75) is 70.2 Å². The van der Waals surface area contributed by atoms with E-state index in [2.05, 4.69) is 27.7 Å². The van der Waals surface area contributed by atoms with E-state index in [1.807, 2.05) is 13.8 Å². The highest BCUT2D eigenvalue weighted by Gasteiger charge is 2.40. The molecule has 0 spiro atoms. The van der Waals surface area contributed by atoms with Crippen LogP contribution >= 0.6 is 11.6 Å². The lowest BCUT2D eigenvalue weighted by Crippen LogP contribution is -2.35. The second-order valence-corrected chi connectivity index (χ2v) is 12.0. The van der Waals surface area contributed by atoms with Gasteiger partial charge in [0.1, 0.15) is 23.0 Å². The first-order valence-corrected chi connectivity index (χ1v) is 14.7. The average Bonchev–Trinajstić information content (AvgIpc) is 3.40. The van der Waals surface area contributed by atoms with Crippen molar-refractivity contribution in [2.75, 3.05) is 19.7 Å². The molecule has 2 aromatic carbocycles. The van der Waals surface area contributed by atoms with Gasteiger partial charge in [0.25, 0.3) is 0 Å². The van der Waals surface area contributed by atoms with Gasteiger partial charge in [0, 0.05) is 29.7 Å². The number of hydrogen-bond acceptors (Lipinski definition) is 5. The summed E-state index contributed by atoms with van der Waals surface area (Å²) in [6.45, 7) is 7.82. The highest BCUT2D eigenvalue weighted by molar-refractivity contribution is 6.30. The van der Waals surface area contributed by atoms with Gasteiger partial charge >= 0.3 is 5.97 Å². The molecule has 41 heavy (non-hydrogen) atoms. The zero-order valence-electron chi connectivity index (χ0n) is 23.4. The van der Waals surface area contributed by atoms with Gasteiger partial charge in [-0.2, -0.15) is 0 Å². The molecule has 216 valence electrons. The van der Waals surface area contributed by atoms with Crippen LogP contribution in [-0.2, 0) is 34.6 Å². The van der Waals surface area contributed by atoms with Gasteiger partial charge in [-0.3, -0.25) is 4.90 Å². The average molecular weight is 580 g/mol. The number of piperidine rings is 1. The molecule has 2 fully saturated rings. The Balaban J connectivity index is 1.16. The van der Waals surface area contributed by atoms with Crippen molar-refractivity contribution >= 4 is 23.6 Å². The SMILES string of the molecule is Cc1nc(CN2CCC(c3cccc4c3O[C@](C)(c3ccc(Cl)cc3F)C4)CC2)n(C[C@@H]2CCO2)c1/C=C/C(=O)O. The predicted octanol–water partition coefficient (Wildman–Crippen LogP) is 6.10. The van der Waals surface area contributed by atoms with Gasteiger partial charge < -0.3 is 19.1 Å². The number of ether oxygens (including phenoxy) is 2. The third-order valence-corrected chi connectivity index (χ3v) is 8.94. The van der Waals surface area contributed by atoms with Crippen LogP contribution in [0.1, 0.15) is 66.0 Å². The predicted molar refractivity (Wildman–Crippen MR) is 155 cm³/mol. The van der Waals surface area contributed by atoms with Crippen LogP contribution in [0.5, 0.6) is 5.75 Å². The maximum atomic E-state index is 14.9. The van der Waals surface area contributed by atoms with Crippen molar-refractivity contribution in [3.05, 3.63) is 87.2 Å². The third-order valence-electron chi connectivity index (χ3n) is 8.71. The molecule has 0 aliphatic carbocycles. The summed E-state index contributed by atoms with van der Waals surface area (Å²) in [5.41, 5.74) is 3.70. The molecule has 4 heterocycles. The van der Waals surface area contributed by atoms with E-state index in [-0.39, 0.29) is 11.9 Å². The van der Waals surface area contributed by atoms with Crippen LogP contribution in [-0.4, -0.2) is 51.3 Å². The molecule has 1 aromatic heterocycles. The van der Waals surface area contributed by atoms with Crippen LogP contribution in [0, 0.1) is 12.7 Å². The van der Waals surface area contributed by atoms with Gasteiger partial charge in [-0.1, -0.05) is 35.9 Å². The van der Waals surface area contributed by atoms with Crippen molar-refractivity contribution in [1.82, 2.24) is 14.5 Å². The summed E-state index contributed by atoms with van der Waals surface area (Å²) in [5, 5.41) is 9.54. The Labute approximate surface area is 244 Å². The topological polar surface area (TPSA) is 76.8 Å². The zero-order chi connectivity index (χ0) is 28.7. The number of halogens is 2. The molecule has 1 N–H and O–H groups in total. The first-order chi connectivity index (χ1) is 19.7. The highest BCUT2D eigenvalue weighted by atomic mass is 35.5.